The van der Waals surface area contributed by atoms with Gasteiger partial charge in [-0.3, -0.25) is 4.79 Å². The Morgan fingerprint density at radius 3 is 2.32 bits per heavy atom. The highest BCUT2D eigenvalue weighted by Gasteiger charge is 2.08. The van der Waals surface area contributed by atoms with E-state index in [1.807, 2.05) is 60.3 Å². The number of hydrogen-bond donors (Lipinski definition) is 1. The van der Waals surface area contributed by atoms with E-state index in [0.29, 0.717) is 23.1 Å². The van der Waals surface area contributed by atoms with Gasteiger partial charge in [-0.25, -0.2) is 4.98 Å². The van der Waals surface area contributed by atoms with Crippen LogP contribution in [0.1, 0.15) is 11.4 Å². The zero-order valence-corrected chi connectivity index (χ0v) is 17.3. The summed E-state index contributed by atoms with van der Waals surface area (Å²) in [7, 11) is 1.61. The lowest BCUT2D eigenvalue weighted by Gasteiger charge is -2.10. The summed E-state index contributed by atoms with van der Waals surface area (Å²) in [6.07, 6.45) is 4.11. The normalized spacial score (nSPS) is 10.5. The first-order chi connectivity index (χ1) is 15.1. The Morgan fingerprint density at radius 2 is 1.65 bits per heavy atom. The molecule has 0 radical (unpaired) electrons. The van der Waals surface area contributed by atoms with Crippen molar-refractivity contribution in [3.8, 4) is 23.2 Å². The second-order valence-corrected chi connectivity index (χ2v) is 6.90. The van der Waals surface area contributed by atoms with Crippen LogP contribution in [0.4, 0.5) is 5.69 Å². The molecule has 0 spiro atoms. The molecule has 2 heterocycles. The Hall–Kier alpha value is -4.13. The molecular formula is C24H22N4O3. The molecule has 7 nitrogen and oxygen atoms in total. The summed E-state index contributed by atoms with van der Waals surface area (Å²) in [5.41, 5.74) is 1.61. The number of amides is 1. The number of methoxy groups -OCH3 is 1. The van der Waals surface area contributed by atoms with E-state index in [4.69, 9.17) is 9.47 Å². The summed E-state index contributed by atoms with van der Waals surface area (Å²) < 4.78 is 12.9. The Bertz CT molecular complexity index is 1150. The minimum absolute atomic E-state index is 0.0957. The van der Waals surface area contributed by atoms with Gasteiger partial charge in [0.25, 0.3) is 0 Å². The van der Waals surface area contributed by atoms with Gasteiger partial charge in [-0.2, -0.15) is 4.98 Å². The number of rotatable bonds is 7. The number of carbonyl (C=O) groups is 1. The molecule has 4 rings (SSSR count). The molecule has 1 amide bonds. The molecule has 2 aromatic heterocycles. The average molecular weight is 414 g/mol. The van der Waals surface area contributed by atoms with E-state index in [2.05, 4.69) is 15.3 Å². The SMILES string of the molecule is COc1ccc(CC(=O)Nc2ccc(Oc3cc(-n4cccc4)nc(C)n3)cc2)cc1. The Kier molecular flexibility index (Phi) is 5.93. The third kappa shape index (κ3) is 5.27. The summed E-state index contributed by atoms with van der Waals surface area (Å²) in [6.45, 7) is 1.82. The second kappa shape index (κ2) is 9.13. The van der Waals surface area contributed by atoms with Crippen LogP contribution in [0.15, 0.2) is 79.1 Å². The molecule has 0 aliphatic rings. The first-order valence-corrected chi connectivity index (χ1v) is 9.79. The predicted molar refractivity (Wildman–Crippen MR) is 118 cm³/mol. The van der Waals surface area contributed by atoms with Gasteiger partial charge in [0.1, 0.15) is 23.1 Å². The average Bonchev–Trinajstić information content (AvgIpc) is 3.30. The first kappa shape index (κ1) is 20.2. The zero-order valence-electron chi connectivity index (χ0n) is 17.3. The number of aryl methyl sites for hydroxylation is 1. The van der Waals surface area contributed by atoms with Crippen LogP contribution in [-0.2, 0) is 11.2 Å². The summed E-state index contributed by atoms with van der Waals surface area (Å²) in [5, 5.41) is 2.89. The minimum Gasteiger partial charge on any atom is -0.497 e. The maximum Gasteiger partial charge on any atom is 0.228 e. The summed E-state index contributed by atoms with van der Waals surface area (Å²) in [6, 6.07) is 20.2. The van der Waals surface area contributed by atoms with E-state index in [1.165, 1.54) is 0 Å². The minimum atomic E-state index is -0.0957. The van der Waals surface area contributed by atoms with Gasteiger partial charge < -0.3 is 19.4 Å². The van der Waals surface area contributed by atoms with Gasteiger partial charge in [0.15, 0.2) is 0 Å². The van der Waals surface area contributed by atoms with Crippen LogP contribution < -0.4 is 14.8 Å². The highest BCUT2D eigenvalue weighted by molar-refractivity contribution is 5.92. The van der Waals surface area contributed by atoms with Crippen molar-refractivity contribution in [1.29, 1.82) is 0 Å². The number of carbonyl (C=O) groups excluding carboxylic acids is 1. The number of benzene rings is 2. The van der Waals surface area contributed by atoms with Crippen LogP contribution in [0, 0.1) is 6.92 Å². The van der Waals surface area contributed by atoms with Crippen LogP contribution in [0.3, 0.4) is 0 Å². The lowest BCUT2D eigenvalue weighted by molar-refractivity contribution is -0.115. The highest BCUT2D eigenvalue weighted by Crippen LogP contribution is 2.23. The first-order valence-electron chi connectivity index (χ1n) is 9.79. The lowest BCUT2D eigenvalue weighted by Crippen LogP contribution is -2.14. The van der Waals surface area contributed by atoms with Crippen LogP contribution in [0.5, 0.6) is 17.4 Å². The van der Waals surface area contributed by atoms with Crippen LogP contribution in [0.25, 0.3) is 5.82 Å². The molecule has 0 saturated heterocycles. The van der Waals surface area contributed by atoms with Gasteiger partial charge in [0.2, 0.25) is 11.8 Å². The fourth-order valence-corrected chi connectivity index (χ4v) is 3.06. The monoisotopic (exact) mass is 414 g/mol. The van der Waals surface area contributed by atoms with E-state index >= 15 is 0 Å². The largest absolute Gasteiger partial charge is 0.497 e. The number of nitrogens with one attached hydrogen (secondary N) is 1. The van der Waals surface area contributed by atoms with Gasteiger partial charge in [-0.1, -0.05) is 12.1 Å². The molecule has 2 aromatic carbocycles. The van der Waals surface area contributed by atoms with E-state index in [0.717, 1.165) is 17.1 Å². The fraction of sp³-hybridized carbons (Fsp3) is 0.125. The highest BCUT2D eigenvalue weighted by atomic mass is 16.5. The molecule has 0 aliphatic heterocycles. The number of hydrogen-bond acceptors (Lipinski definition) is 5. The number of aromatic nitrogens is 3. The smallest absolute Gasteiger partial charge is 0.228 e. The fourth-order valence-electron chi connectivity index (χ4n) is 3.06. The summed E-state index contributed by atoms with van der Waals surface area (Å²) in [5.74, 6) is 3.08. The molecule has 4 aromatic rings. The predicted octanol–water partition coefficient (Wildman–Crippen LogP) is 4.56. The van der Waals surface area contributed by atoms with Crippen LogP contribution in [-0.4, -0.2) is 27.6 Å². The Morgan fingerprint density at radius 1 is 0.968 bits per heavy atom. The van der Waals surface area contributed by atoms with Crippen molar-refractivity contribution < 1.29 is 14.3 Å². The van der Waals surface area contributed by atoms with Crippen molar-refractivity contribution in [2.24, 2.45) is 0 Å². The number of ether oxygens (including phenoxy) is 2. The van der Waals surface area contributed by atoms with Gasteiger partial charge >= 0.3 is 0 Å². The van der Waals surface area contributed by atoms with E-state index < -0.39 is 0 Å². The molecule has 156 valence electrons. The van der Waals surface area contributed by atoms with E-state index in [-0.39, 0.29) is 12.3 Å². The van der Waals surface area contributed by atoms with Gasteiger partial charge in [0.05, 0.1) is 13.5 Å². The maximum absolute atomic E-state index is 12.3. The molecule has 0 unspecified atom stereocenters. The molecule has 0 aliphatic carbocycles. The molecule has 31 heavy (non-hydrogen) atoms. The van der Waals surface area contributed by atoms with Crippen LogP contribution in [0.2, 0.25) is 0 Å². The molecule has 0 fully saturated rings. The molecule has 0 atom stereocenters. The van der Waals surface area contributed by atoms with Gasteiger partial charge in [-0.05, 0) is 61.0 Å². The molecule has 7 heteroatoms. The second-order valence-electron chi connectivity index (χ2n) is 6.90. The molecule has 1 N–H and O–H groups in total. The maximum atomic E-state index is 12.3. The Balaban J connectivity index is 1.38. The third-order valence-corrected chi connectivity index (χ3v) is 4.55. The number of anilines is 1. The van der Waals surface area contributed by atoms with E-state index in [9.17, 15) is 4.79 Å². The molecule has 0 bridgehead atoms. The van der Waals surface area contributed by atoms with Crippen molar-refractivity contribution in [3.05, 3.63) is 90.5 Å². The molecular weight excluding hydrogens is 392 g/mol. The van der Waals surface area contributed by atoms with E-state index in [1.54, 1.807) is 37.4 Å². The zero-order chi connectivity index (χ0) is 21.6. The van der Waals surface area contributed by atoms with Crippen molar-refractivity contribution >= 4 is 11.6 Å². The number of nitrogens with zero attached hydrogens (tertiary/aromatic N) is 3. The van der Waals surface area contributed by atoms with Crippen molar-refractivity contribution in [2.45, 2.75) is 13.3 Å². The summed E-state index contributed by atoms with van der Waals surface area (Å²) >= 11 is 0. The van der Waals surface area contributed by atoms with Crippen molar-refractivity contribution in [3.63, 3.8) is 0 Å². The molecule has 0 saturated carbocycles. The Labute approximate surface area is 180 Å². The van der Waals surface area contributed by atoms with Crippen molar-refractivity contribution in [2.75, 3.05) is 12.4 Å². The van der Waals surface area contributed by atoms with Crippen molar-refractivity contribution in [1.82, 2.24) is 14.5 Å². The van der Waals surface area contributed by atoms with Gasteiger partial charge in [0, 0.05) is 24.1 Å². The quantitative estimate of drug-likeness (QED) is 0.480. The standard InChI is InChI=1S/C24H22N4O3/c1-17-25-22(28-13-3-4-14-28)16-24(26-17)31-21-11-7-19(8-12-21)27-23(29)15-18-5-9-20(30-2)10-6-18/h3-14,16H,15H2,1-2H3,(H,27,29). The topological polar surface area (TPSA) is 78.3 Å². The lowest BCUT2D eigenvalue weighted by atomic mass is 10.1. The third-order valence-electron chi connectivity index (χ3n) is 4.55. The summed E-state index contributed by atoms with van der Waals surface area (Å²) in [4.78, 5) is 21.1. The van der Waals surface area contributed by atoms with Gasteiger partial charge in [-0.15, -0.1) is 0 Å². The van der Waals surface area contributed by atoms with Crippen LogP contribution >= 0.6 is 0 Å².